The minimum absolute atomic E-state index is 0.0442. The van der Waals surface area contributed by atoms with E-state index in [9.17, 15) is 8.42 Å². The van der Waals surface area contributed by atoms with Gasteiger partial charge >= 0.3 is 0 Å². The van der Waals surface area contributed by atoms with E-state index in [-0.39, 0.29) is 10.0 Å². The van der Waals surface area contributed by atoms with Gasteiger partial charge in [-0.25, -0.2) is 13.1 Å². The summed E-state index contributed by atoms with van der Waals surface area (Å²) in [4.78, 5) is 0.0442. The third-order valence-electron chi connectivity index (χ3n) is 2.73. The van der Waals surface area contributed by atoms with Gasteiger partial charge in [0.05, 0.1) is 17.7 Å². The van der Waals surface area contributed by atoms with Crippen molar-refractivity contribution in [3.8, 4) is 0 Å². The molecule has 0 saturated heterocycles. The standard InChI is InChI=1S/C12H16ClN3O3S2/c1-9-11(12(13)16(2)15-9)21(17,18)14-5-7-20-8-10-4-3-6-19-10/h3-4,6,14H,5,7-8H2,1-2H3. The average Bonchev–Trinajstić information content (AvgIpc) is 2.98. The van der Waals surface area contributed by atoms with Crippen LogP contribution >= 0.6 is 23.4 Å². The zero-order chi connectivity index (χ0) is 15.5. The van der Waals surface area contributed by atoms with Gasteiger partial charge in [-0.2, -0.15) is 16.9 Å². The number of thioether (sulfide) groups is 1. The molecule has 116 valence electrons. The van der Waals surface area contributed by atoms with E-state index in [0.717, 1.165) is 5.76 Å². The van der Waals surface area contributed by atoms with Gasteiger partial charge in [-0.1, -0.05) is 11.6 Å². The molecule has 0 radical (unpaired) electrons. The van der Waals surface area contributed by atoms with Crippen LogP contribution in [0.5, 0.6) is 0 Å². The van der Waals surface area contributed by atoms with Crippen molar-refractivity contribution in [2.45, 2.75) is 17.6 Å². The van der Waals surface area contributed by atoms with Gasteiger partial charge in [0.15, 0.2) is 0 Å². The number of rotatable bonds is 7. The Morgan fingerprint density at radius 2 is 2.29 bits per heavy atom. The highest BCUT2D eigenvalue weighted by atomic mass is 35.5. The Balaban J connectivity index is 1.87. The molecule has 21 heavy (non-hydrogen) atoms. The van der Waals surface area contributed by atoms with E-state index in [1.807, 2.05) is 12.1 Å². The van der Waals surface area contributed by atoms with Gasteiger partial charge in [-0.15, -0.1) is 0 Å². The first-order chi connectivity index (χ1) is 9.92. The lowest BCUT2D eigenvalue weighted by Crippen LogP contribution is -2.26. The summed E-state index contributed by atoms with van der Waals surface area (Å²) in [5.41, 5.74) is 0.387. The minimum atomic E-state index is -3.64. The normalized spacial score (nSPS) is 12.0. The molecule has 0 fully saturated rings. The molecule has 2 aromatic rings. The second-order valence-electron chi connectivity index (χ2n) is 4.36. The minimum Gasteiger partial charge on any atom is -0.468 e. The molecule has 0 amide bonds. The number of hydrogen-bond acceptors (Lipinski definition) is 5. The number of nitrogens with zero attached hydrogens (tertiary/aromatic N) is 2. The molecule has 0 aliphatic rings. The fourth-order valence-corrected chi connectivity index (χ4v) is 4.47. The summed E-state index contributed by atoms with van der Waals surface area (Å²) in [6, 6.07) is 3.71. The molecule has 0 atom stereocenters. The van der Waals surface area contributed by atoms with Gasteiger partial charge in [0, 0.05) is 19.3 Å². The SMILES string of the molecule is Cc1nn(C)c(Cl)c1S(=O)(=O)NCCSCc1ccco1. The van der Waals surface area contributed by atoms with Gasteiger partial charge < -0.3 is 4.42 Å². The molecule has 2 aromatic heterocycles. The maximum absolute atomic E-state index is 12.2. The first-order valence-electron chi connectivity index (χ1n) is 6.20. The molecule has 0 aromatic carbocycles. The summed E-state index contributed by atoms with van der Waals surface area (Å²) in [5, 5.41) is 4.12. The molecule has 0 unspecified atom stereocenters. The van der Waals surface area contributed by atoms with E-state index >= 15 is 0 Å². The zero-order valence-electron chi connectivity index (χ0n) is 11.7. The second kappa shape index (κ2) is 6.87. The molecular weight excluding hydrogens is 334 g/mol. The van der Waals surface area contributed by atoms with Gasteiger partial charge in [0.25, 0.3) is 0 Å². The molecule has 1 N–H and O–H groups in total. The van der Waals surface area contributed by atoms with E-state index in [2.05, 4.69) is 9.82 Å². The largest absolute Gasteiger partial charge is 0.468 e. The van der Waals surface area contributed by atoms with Crippen LogP contribution in [0.2, 0.25) is 5.15 Å². The molecule has 0 aliphatic carbocycles. The highest BCUT2D eigenvalue weighted by molar-refractivity contribution is 7.98. The fraction of sp³-hybridized carbons (Fsp3) is 0.417. The summed E-state index contributed by atoms with van der Waals surface area (Å²) in [6.45, 7) is 1.93. The average molecular weight is 350 g/mol. The van der Waals surface area contributed by atoms with E-state index in [4.69, 9.17) is 16.0 Å². The van der Waals surface area contributed by atoms with Gasteiger partial charge in [-0.05, 0) is 19.1 Å². The van der Waals surface area contributed by atoms with Crippen LogP contribution in [0.15, 0.2) is 27.7 Å². The van der Waals surface area contributed by atoms with Crippen LogP contribution in [0.3, 0.4) is 0 Å². The Labute approximate surface area is 132 Å². The smallest absolute Gasteiger partial charge is 0.245 e. The van der Waals surface area contributed by atoms with Crippen molar-refractivity contribution in [1.82, 2.24) is 14.5 Å². The Bertz CT molecular complexity index is 696. The summed E-state index contributed by atoms with van der Waals surface area (Å²) in [5.74, 6) is 2.21. The lowest BCUT2D eigenvalue weighted by atomic mass is 10.5. The lowest BCUT2D eigenvalue weighted by molar-refractivity contribution is 0.530. The van der Waals surface area contributed by atoms with Crippen LogP contribution in [0.25, 0.3) is 0 Å². The summed E-state index contributed by atoms with van der Waals surface area (Å²) in [7, 11) is -2.03. The Hall–Kier alpha value is -0.960. The topological polar surface area (TPSA) is 77.1 Å². The zero-order valence-corrected chi connectivity index (χ0v) is 14.1. The number of furan rings is 1. The first-order valence-corrected chi connectivity index (χ1v) is 9.22. The van der Waals surface area contributed by atoms with Gasteiger partial charge in [-0.3, -0.25) is 4.68 Å². The number of aromatic nitrogens is 2. The molecule has 2 heterocycles. The van der Waals surface area contributed by atoms with Crippen molar-refractivity contribution < 1.29 is 12.8 Å². The predicted molar refractivity (Wildman–Crippen MR) is 83.0 cm³/mol. The highest BCUT2D eigenvalue weighted by Crippen LogP contribution is 2.23. The van der Waals surface area contributed by atoms with Crippen molar-refractivity contribution in [2.24, 2.45) is 7.05 Å². The van der Waals surface area contributed by atoms with Crippen LogP contribution in [-0.2, 0) is 22.8 Å². The molecule has 9 heteroatoms. The second-order valence-corrected chi connectivity index (χ2v) is 7.53. The third kappa shape index (κ3) is 4.03. The molecule has 0 bridgehead atoms. The highest BCUT2D eigenvalue weighted by Gasteiger charge is 2.24. The predicted octanol–water partition coefficient (Wildman–Crippen LogP) is 2.19. The van der Waals surface area contributed by atoms with Crippen LogP contribution in [0.4, 0.5) is 0 Å². The Morgan fingerprint density at radius 1 is 1.52 bits per heavy atom. The van der Waals surface area contributed by atoms with Crippen LogP contribution < -0.4 is 4.72 Å². The van der Waals surface area contributed by atoms with Crippen molar-refractivity contribution in [3.63, 3.8) is 0 Å². The molecule has 0 saturated carbocycles. The van der Waals surface area contributed by atoms with E-state index in [0.29, 0.717) is 23.7 Å². The lowest BCUT2D eigenvalue weighted by Gasteiger charge is -2.06. The number of nitrogens with one attached hydrogen (secondary N) is 1. The van der Waals surface area contributed by atoms with Crippen molar-refractivity contribution in [3.05, 3.63) is 35.0 Å². The molecule has 6 nitrogen and oxygen atoms in total. The molecule has 0 spiro atoms. The summed E-state index contributed by atoms with van der Waals surface area (Å²) in [6.07, 6.45) is 1.62. The summed E-state index contributed by atoms with van der Waals surface area (Å²) < 4.78 is 33.5. The van der Waals surface area contributed by atoms with E-state index < -0.39 is 10.0 Å². The maximum Gasteiger partial charge on any atom is 0.245 e. The number of halogens is 1. The van der Waals surface area contributed by atoms with E-state index in [1.165, 1.54) is 4.68 Å². The number of hydrogen-bond donors (Lipinski definition) is 1. The quantitative estimate of drug-likeness (QED) is 0.775. The van der Waals surface area contributed by atoms with Crippen LogP contribution in [0, 0.1) is 6.92 Å². The number of aryl methyl sites for hydroxylation is 2. The Kier molecular flexibility index (Phi) is 5.37. The van der Waals surface area contributed by atoms with Crippen molar-refractivity contribution >= 4 is 33.4 Å². The first kappa shape index (κ1) is 16.4. The van der Waals surface area contributed by atoms with Crippen LogP contribution in [0.1, 0.15) is 11.5 Å². The monoisotopic (exact) mass is 349 g/mol. The van der Waals surface area contributed by atoms with Gasteiger partial charge in [0.2, 0.25) is 10.0 Å². The van der Waals surface area contributed by atoms with Gasteiger partial charge in [0.1, 0.15) is 15.8 Å². The van der Waals surface area contributed by atoms with Crippen LogP contribution in [-0.4, -0.2) is 30.5 Å². The summed E-state index contributed by atoms with van der Waals surface area (Å²) >= 11 is 7.56. The Morgan fingerprint density at radius 3 is 2.86 bits per heavy atom. The fourth-order valence-electron chi connectivity index (χ4n) is 1.80. The molecular formula is C12H16ClN3O3S2. The maximum atomic E-state index is 12.2. The number of sulfonamides is 1. The third-order valence-corrected chi connectivity index (χ3v) is 5.87. The van der Waals surface area contributed by atoms with Crippen molar-refractivity contribution in [1.29, 1.82) is 0 Å². The van der Waals surface area contributed by atoms with Crippen molar-refractivity contribution in [2.75, 3.05) is 12.3 Å². The molecule has 2 rings (SSSR count). The molecule has 0 aliphatic heterocycles. The van der Waals surface area contributed by atoms with E-state index in [1.54, 1.807) is 32.0 Å².